The summed E-state index contributed by atoms with van der Waals surface area (Å²) >= 11 is 5.85. The van der Waals surface area contributed by atoms with Crippen LogP contribution in [0.25, 0.3) is 0 Å². The molecule has 160 valence electrons. The van der Waals surface area contributed by atoms with E-state index in [0.29, 0.717) is 37.0 Å². The van der Waals surface area contributed by atoms with Crippen molar-refractivity contribution < 1.29 is 23.5 Å². The number of hydrogen-bond acceptors (Lipinski definition) is 5. The van der Waals surface area contributed by atoms with Gasteiger partial charge < -0.3 is 14.4 Å². The SMILES string of the molecule is COC(=O)CC1CN(C(=O)COc2ccc(Cl)cc2)CCN1Cc1ccc(F)cc1. The second-order valence-corrected chi connectivity index (χ2v) is 7.55. The van der Waals surface area contributed by atoms with E-state index in [1.807, 2.05) is 0 Å². The number of halogens is 2. The first-order chi connectivity index (χ1) is 14.4. The Labute approximate surface area is 180 Å². The van der Waals surface area contributed by atoms with Gasteiger partial charge in [0.25, 0.3) is 5.91 Å². The van der Waals surface area contributed by atoms with E-state index in [9.17, 15) is 14.0 Å². The van der Waals surface area contributed by atoms with Gasteiger partial charge in [0, 0.05) is 37.2 Å². The van der Waals surface area contributed by atoms with Gasteiger partial charge >= 0.3 is 5.97 Å². The Morgan fingerprint density at radius 3 is 2.47 bits per heavy atom. The number of ether oxygens (including phenoxy) is 2. The van der Waals surface area contributed by atoms with Gasteiger partial charge in [-0.3, -0.25) is 14.5 Å². The summed E-state index contributed by atoms with van der Waals surface area (Å²) in [5.41, 5.74) is 0.942. The number of carbonyl (C=O) groups is 2. The predicted octanol–water partition coefficient (Wildman–Crippen LogP) is 3.13. The monoisotopic (exact) mass is 434 g/mol. The van der Waals surface area contributed by atoms with Crippen molar-refractivity contribution in [1.82, 2.24) is 9.80 Å². The molecule has 0 aliphatic carbocycles. The van der Waals surface area contributed by atoms with Gasteiger partial charge in [-0.15, -0.1) is 0 Å². The lowest BCUT2D eigenvalue weighted by atomic mass is 10.1. The molecule has 0 aromatic heterocycles. The fourth-order valence-corrected chi connectivity index (χ4v) is 3.51. The van der Waals surface area contributed by atoms with Gasteiger partial charge in [-0.05, 0) is 42.0 Å². The highest BCUT2D eigenvalue weighted by Crippen LogP contribution is 2.19. The average Bonchev–Trinajstić information content (AvgIpc) is 2.75. The highest BCUT2D eigenvalue weighted by Gasteiger charge is 2.31. The molecule has 2 aromatic carbocycles. The standard InChI is InChI=1S/C22H24ClFN2O4/c1-29-22(28)12-19-14-26(21(27)15-30-20-8-4-17(23)5-9-20)11-10-25(19)13-16-2-6-18(24)7-3-16/h2-9,19H,10-15H2,1H3. The number of methoxy groups -OCH3 is 1. The van der Waals surface area contributed by atoms with E-state index in [4.69, 9.17) is 21.1 Å². The molecule has 1 fully saturated rings. The first-order valence-electron chi connectivity index (χ1n) is 9.66. The maximum Gasteiger partial charge on any atom is 0.307 e. The maximum absolute atomic E-state index is 13.2. The van der Waals surface area contributed by atoms with Crippen molar-refractivity contribution in [2.75, 3.05) is 33.4 Å². The molecule has 1 amide bonds. The Morgan fingerprint density at radius 1 is 1.10 bits per heavy atom. The third-order valence-corrected chi connectivity index (χ3v) is 5.31. The molecule has 1 saturated heterocycles. The van der Waals surface area contributed by atoms with Crippen LogP contribution in [0.1, 0.15) is 12.0 Å². The molecule has 0 spiro atoms. The van der Waals surface area contributed by atoms with Crippen LogP contribution in [0.4, 0.5) is 4.39 Å². The highest BCUT2D eigenvalue weighted by molar-refractivity contribution is 6.30. The molecule has 6 nitrogen and oxygen atoms in total. The predicted molar refractivity (Wildman–Crippen MR) is 111 cm³/mol. The summed E-state index contributed by atoms with van der Waals surface area (Å²) in [4.78, 5) is 28.4. The molecule has 1 aliphatic heterocycles. The van der Waals surface area contributed by atoms with Gasteiger partial charge in [0.1, 0.15) is 11.6 Å². The Morgan fingerprint density at radius 2 is 1.80 bits per heavy atom. The quantitative estimate of drug-likeness (QED) is 0.627. The Hall–Kier alpha value is -2.64. The molecule has 1 unspecified atom stereocenters. The van der Waals surface area contributed by atoms with Crippen LogP contribution in [0.3, 0.4) is 0 Å². The molecule has 3 rings (SSSR count). The number of benzene rings is 2. The Kier molecular flexibility index (Phi) is 7.65. The van der Waals surface area contributed by atoms with Crippen LogP contribution < -0.4 is 4.74 Å². The van der Waals surface area contributed by atoms with Crippen LogP contribution in [0.5, 0.6) is 5.75 Å². The van der Waals surface area contributed by atoms with Crippen molar-refractivity contribution in [3.8, 4) is 5.75 Å². The summed E-state index contributed by atoms with van der Waals surface area (Å²) in [6, 6.07) is 12.9. The van der Waals surface area contributed by atoms with Crippen LogP contribution in [0.2, 0.25) is 5.02 Å². The number of carbonyl (C=O) groups excluding carboxylic acids is 2. The molecule has 0 radical (unpaired) electrons. The fraction of sp³-hybridized carbons (Fsp3) is 0.364. The van der Waals surface area contributed by atoms with Crippen LogP contribution in [0, 0.1) is 5.82 Å². The number of nitrogens with zero attached hydrogens (tertiary/aromatic N) is 2. The lowest BCUT2D eigenvalue weighted by Gasteiger charge is -2.41. The smallest absolute Gasteiger partial charge is 0.307 e. The van der Waals surface area contributed by atoms with Crippen LogP contribution in [-0.2, 0) is 20.9 Å². The number of hydrogen-bond donors (Lipinski definition) is 0. The van der Waals surface area contributed by atoms with E-state index in [1.165, 1.54) is 19.2 Å². The molecule has 1 aliphatic rings. The summed E-state index contributed by atoms with van der Waals surface area (Å²) < 4.78 is 23.6. The van der Waals surface area contributed by atoms with Crippen molar-refractivity contribution in [3.05, 3.63) is 64.9 Å². The molecule has 30 heavy (non-hydrogen) atoms. The first-order valence-corrected chi connectivity index (χ1v) is 10.0. The Balaban J connectivity index is 1.61. The van der Waals surface area contributed by atoms with Crippen molar-refractivity contribution in [1.29, 1.82) is 0 Å². The van der Waals surface area contributed by atoms with Gasteiger partial charge in [-0.1, -0.05) is 23.7 Å². The molecule has 0 saturated carbocycles. The minimum absolute atomic E-state index is 0.0927. The molecular formula is C22H24ClFN2O4. The molecule has 8 heteroatoms. The second-order valence-electron chi connectivity index (χ2n) is 7.11. The third kappa shape index (κ3) is 6.18. The van der Waals surface area contributed by atoms with E-state index in [-0.39, 0.29) is 36.8 Å². The number of rotatable bonds is 7. The lowest BCUT2D eigenvalue weighted by Crippen LogP contribution is -2.55. The van der Waals surface area contributed by atoms with E-state index in [2.05, 4.69) is 4.90 Å². The minimum atomic E-state index is -0.337. The Bertz CT molecular complexity index is 860. The van der Waals surface area contributed by atoms with Gasteiger partial charge in [0.2, 0.25) is 0 Å². The van der Waals surface area contributed by atoms with E-state index < -0.39 is 0 Å². The zero-order valence-electron chi connectivity index (χ0n) is 16.7. The van der Waals surface area contributed by atoms with Gasteiger partial charge in [0.05, 0.1) is 13.5 Å². The lowest BCUT2D eigenvalue weighted by molar-refractivity contribution is -0.145. The second kappa shape index (κ2) is 10.4. The van der Waals surface area contributed by atoms with Crippen molar-refractivity contribution in [2.45, 2.75) is 19.0 Å². The minimum Gasteiger partial charge on any atom is -0.484 e. The van der Waals surface area contributed by atoms with Crippen molar-refractivity contribution >= 4 is 23.5 Å². The molecule has 1 heterocycles. The molecule has 0 N–H and O–H groups in total. The van der Waals surface area contributed by atoms with Crippen LogP contribution in [-0.4, -0.2) is 61.1 Å². The summed E-state index contributed by atoms with van der Waals surface area (Å²) in [5, 5.41) is 0.594. The van der Waals surface area contributed by atoms with E-state index >= 15 is 0 Å². The summed E-state index contributed by atoms with van der Waals surface area (Å²) in [7, 11) is 1.35. The van der Waals surface area contributed by atoms with E-state index in [0.717, 1.165) is 5.56 Å². The summed E-state index contributed by atoms with van der Waals surface area (Å²) in [6.07, 6.45) is 0.166. The number of amides is 1. The zero-order valence-corrected chi connectivity index (χ0v) is 17.5. The van der Waals surface area contributed by atoms with E-state index in [1.54, 1.807) is 41.3 Å². The molecule has 1 atom stereocenters. The largest absolute Gasteiger partial charge is 0.484 e. The van der Waals surface area contributed by atoms with Crippen LogP contribution in [0.15, 0.2) is 48.5 Å². The average molecular weight is 435 g/mol. The van der Waals surface area contributed by atoms with Crippen molar-refractivity contribution in [2.24, 2.45) is 0 Å². The summed E-state index contributed by atoms with van der Waals surface area (Å²) in [5.74, 6) is -0.216. The number of piperazine rings is 1. The van der Waals surface area contributed by atoms with Crippen LogP contribution >= 0.6 is 11.6 Å². The molecule has 0 bridgehead atoms. The van der Waals surface area contributed by atoms with Gasteiger partial charge in [-0.2, -0.15) is 0 Å². The number of esters is 1. The molecule has 2 aromatic rings. The van der Waals surface area contributed by atoms with Crippen molar-refractivity contribution in [3.63, 3.8) is 0 Å². The normalized spacial score (nSPS) is 16.9. The first kappa shape index (κ1) is 22.1. The van der Waals surface area contributed by atoms with Gasteiger partial charge in [-0.25, -0.2) is 4.39 Å². The topological polar surface area (TPSA) is 59.1 Å². The molecular weight excluding hydrogens is 411 g/mol. The highest BCUT2D eigenvalue weighted by atomic mass is 35.5. The maximum atomic E-state index is 13.2. The zero-order chi connectivity index (χ0) is 21.5. The summed E-state index contributed by atoms with van der Waals surface area (Å²) in [6.45, 7) is 1.96. The third-order valence-electron chi connectivity index (χ3n) is 5.06. The van der Waals surface area contributed by atoms with Gasteiger partial charge in [0.15, 0.2) is 6.61 Å². The fourth-order valence-electron chi connectivity index (χ4n) is 3.39.